The molecule has 9 heteroatoms. The number of anilines is 2. The summed E-state index contributed by atoms with van der Waals surface area (Å²) < 4.78 is 5.12. The minimum atomic E-state index is -0.657. The molecule has 1 amide bonds. The number of hydrogen-bond acceptors (Lipinski definition) is 7. The summed E-state index contributed by atoms with van der Waals surface area (Å²) in [7, 11) is 3.85. The number of hydrogen-bond donors (Lipinski definition) is 2. The van der Waals surface area contributed by atoms with Crippen LogP contribution in [0.1, 0.15) is 21.1 Å². The summed E-state index contributed by atoms with van der Waals surface area (Å²) in [5, 5.41) is 3.04. The highest BCUT2D eigenvalue weighted by Gasteiger charge is 2.20. The van der Waals surface area contributed by atoms with Crippen LogP contribution < -0.4 is 15.8 Å². The molecule has 0 saturated heterocycles. The van der Waals surface area contributed by atoms with Gasteiger partial charge in [-0.15, -0.1) is 11.3 Å². The van der Waals surface area contributed by atoms with Gasteiger partial charge in [-0.3, -0.25) is 9.59 Å². The van der Waals surface area contributed by atoms with E-state index < -0.39 is 18.5 Å². The third-order valence-corrected chi connectivity index (χ3v) is 5.27. The number of carbonyl (C=O) groups is 2. The molecule has 3 aromatic rings. The highest BCUT2D eigenvalue weighted by atomic mass is 32.1. The number of H-pyrrole nitrogens is 1. The molecule has 3 rings (SSSR count). The van der Waals surface area contributed by atoms with Crippen molar-refractivity contribution in [1.82, 2.24) is 9.97 Å². The highest BCUT2D eigenvalue weighted by Crippen LogP contribution is 2.27. The summed E-state index contributed by atoms with van der Waals surface area (Å²) >= 11 is 1.08. The van der Waals surface area contributed by atoms with Crippen molar-refractivity contribution in [3.63, 3.8) is 0 Å². The molecule has 0 fully saturated rings. The van der Waals surface area contributed by atoms with E-state index in [0.29, 0.717) is 27.3 Å². The van der Waals surface area contributed by atoms with Gasteiger partial charge in [0.25, 0.3) is 11.5 Å². The van der Waals surface area contributed by atoms with Crippen molar-refractivity contribution in [3.05, 3.63) is 50.9 Å². The fourth-order valence-electron chi connectivity index (χ4n) is 2.68. The van der Waals surface area contributed by atoms with E-state index in [2.05, 4.69) is 15.3 Å². The molecule has 0 spiro atoms. The van der Waals surface area contributed by atoms with Crippen LogP contribution in [0, 0.1) is 13.8 Å². The number of rotatable bonds is 5. The van der Waals surface area contributed by atoms with E-state index in [-0.39, 0.29) is 10.4 Å². The average molecular weight is 400 g/mol. The Morgan fingerprint density at radius 1 is 1.21 bits per heavy atom. The van der Waals surface area contributed by atoms with E-state index in [1.165, 1.54) is 0 Å². The van der Waals surface area contributed by atoms with Crippen LogP contribution in [-0.2, 0) is 9.53 Å². The average Bonchev–Trinajstić information content (AvgIpc) is 2.96. The van der Waals surface area contributed by atoms with Crippen LogP contribution >= 0.6 is 11.3 Å². The van der Waals surface area contributed by atoms with Gasteiger partial charge < -0.3 is 19.9 Å². The SMILES string of the molecule is Cc1nc2sc(C(=O)OCC(=O)Nc3ccc(N(C)C)cc3)c(C)c2c(=O)[nH]1. The van der Waals surface area contributed by atoms with Crippen molar-refractivity contribution < 1.29 is 14.3 Å². The molecule has 1 aromatic carbocycles. The summed E-state index contributed by atoms with van der Waals surface area (Å²) in [6.45, 7) is 2.90. The summed E-state index contributed by atoms with van der Waals surface area (Å²) in [5.41, 5.74) is 1.81. The third-order valence-electron chi connectivity index (χ3n) is 4.11. The first kappa shape index (κ1) is 19.6. The van der Waals surface area contributed by atoms with Gasteiger partial charge in [-0.05, 0) is 43.7 Å². The summed E-state index contributed by atoms with van der Waals surface area (Å²) in [5.74, 6) is -0.634. The second-order valence-electron chi connectivity index (χ2n) is 6.45. The van der Waals surface area contributed by atoms with Crippen molar-refractivity contribution in [3.8, 4) is 0 Å². The van der Waals surface area contributed by atoms with Gasteiger partial charge in [-0.2, -0.15) is 0 Å². The zero-order valence-corrected chi connectivity index (χ0v) is 16.8. The monoisotopic (exact) mass is 400 g/mol. The number of aryl methyl sites for hydroxylation is 2. The van der Waals surface area contributed by atoms with Crippen LogP contribution in [0.5, 0.6) is 0 Å². The van der Waals surface area contributed by atoms with Gasteiger partial charge in [0.15, 0.2) is 6.61 Å². The van der Waals surface area contributed by atoms with Crippen LogP contribution in [0.4, 0.5) is 11.4 Å². The first-order valence-electron chi connectivity index (χ1n) is 8.50. The highest BCUT2D eigenvalue weighted by molar-refractivity contribution is 7.20. The number of thiophene rings is 1. The molecule has 28 heavy (non-hydrogen) atoms. The molecular weight excluding hydrogens is 380 g/mol. The predicted octanol–water partition coefficient (Wildman–Crippen LogP) is 2.46. The van der Waals surface area contributed by atoms with E-state index in [4.69, 9.17) is 4.74 Å². The maximum absolute atomic E-state index is 12.4. The topological polar surface area (TPSA) is 104 Å². The van der Waals surface area contributed by atoms with Gasteiger partial charge in [-0.1, -0.05) is 0 Å². The van der Waals surface area contributed by atoms with Crippen molar-refractivity contribution in [2.45, 2.75) is 13.8 Å². The van der Waals surface area contributed by atoms with E-state index in [9.17, 15) is 14.4 Å². The summed E-state index contributed by atoms with van der Waals surface area (Å²) in [4.78, 5) is 46.1. The Kier molecular flexibility index (Phi) is 5.46. The molecule has 0 atom stereocenters. The lowest BCUT2D eigenvalue weighted by atomic mass is 10.2. The maximum Gasteiger partial charge on any atom is 0.349 e. The van der Waals surface area contributed by atoms with Gasteiger partial charge >= 0.3 is 5.97 Å². The minimum Gasteiger partial charge on any atom is -0.451 e. The number of carbonyl (C=O) groups excluding carboxylic acids is 2. The van der Waals surface area contributed by atoms with Crippen LogP contribution in [0.3, 0.4) is 0 Å². The number of amides is 1. The standard InChI is InChI=1S/C19H20N4O4S/c1-10-15-17(25)20-11(2)21-18(15)28-16(10)19(26)27-9-14(24)22-12-5-7-13(8-6-12)23(3)4/h5-8H,9H2,1-4H3,(H,22,24)(H,20,21,25). The quantitative estimate of drug-likeness (QED) is 0.638. The molecule has 2 aromatic heterocycles. The second-order valence-corrected chi connectivity index (χ2v) is 7.45. The molecule has 8 nitrogen and oxygen atoms in total. The Hall–Kier alpha value is -3.20. The number of esters is 1. The molecule has 146 valence electrons. The molecule has 2 N–H and O–H groups in total. The van der Waals surface area contributed by atoms with Gasteiger partial charge in [0.1, 0.15) is 15.5 Å². The van der Waals surface area contributed by atoms with E-state index in [1.807, 2.05) is 31.1 Å². The summed E-state index contributed by atoms with van der Waals surface area (Å²) in [6.07, 6.45) is 0. The van der Waals surface area contributed by atoms with E-state index >= 15 is 0 Å². The molecule has 0 bridgehead atoms. The van der Waals surface area contributed by atoms with Gasteiger partial charge in [-0.25, -0.2) is 9.78 Å². The lowest BCUT2D eigenvalue weighted by Crippen LogP contribution is -2.21. The van der Waals surface area contributed by atoms with Crippen LogP contribution in [0.25, 0.3) is 10.2 Å². The Morgan fingerprint density at radius 3 is 2.54 bits per heavy atom. The lowest BCUT2D eigenvalue weighted by molar-refractivity contribution is -0.119. The first-order chi connectivity index (χ1) is 13.3. The normalized spacial score (nSPS) is 10.7. The molecule has 0 unspecified atom stereocenters. The first-order valence-corrected chi connectivity index (χ1v) is 9.32. The lowest BCUT2D eigenvalue weighted by Gasteiger charge is -2.13. The smallest absolute Gasteiger partial charge is 0.349 e. The van der Waals surface area contributed by atoms with Gasteiger partial charge in [0.05, 0.1) is 5.39 Å². The predicted molar refractivity (Wildman–Crippen MR) is 109 cm³/mol. The van der Waals surface area contributed by atoms with Crippen LogP contribution in [-0.4, -0.2) is 42.5 Å². The number of benzene rings is 1. The third kappa shape index (κ3) is 4.04. The molecule has 0 saturated carbocycles. The number of aromatic nitrogens is 2. The molecule has 0 radical (unpaired) electrons. The van der Waals surface area contributed by atoms with Crippen LogP contribution in [0.2, 0.25) is 0 Å². The zero-order valence-electron chi connectivity index (χ0n) is 16.0. The zero-order chi connectivity index (χ0) is 20.4. The Morgan fingerprint density at radius 2 is 1.89 bits per heavy atom. The molecule has 0 aliphatic rings. The number of aromatic amines is 1. The van der Waals surface area contributed by atoms with Crippen molar-refractivity contribution in [2.24, 2.45) is 0 Å². The second kappa shape index (κ2) is 7.81. The number of fused-ring (bicyclic) bond motifs is 1. The Labute approximate surface area is 165 Å². The number of ether oxygens (including phenoxy) is 1. The Bertz CT molecular complexity index is 1100. The van der Waals surface area contributed by atoms with Gasteiger partial charge in [0.2, 0.25) is 0 Å². The largest absolute Gasteiger partial charge is 0.451 e. The van der Waals surface area contributed by atoms with Crippen molar-refractivity contribution >= 4 is 44.8 Å². The fraction of sp³-hybridized carbons (Fsp3) is 0.263. The molecule has 0 aliphatic heterocycles. The van der Waals surface area contributed by atoms with E-state index in [0.717, 1.165) is 17.0 Å². The molecular formula is C19H20N4O4S. The number of nitrogens with one attached hydrogen (secondary N) is 2. The van der Waals surface area contributed by atoms with Crippen molar-refractivity contribution in [2.75, 3.05) is 30.9 Å². The molecule has 0 aliphatic carbocycles. The molecule has 2 heterocycles. The summed E-state index contributed by atoms with van der Waals surface area (Å²) in [6, 6.07) is 7.28. The minimum absolute atomic E-state index is 0.265. The maximum atomic E-state index is 12.4. The van der Waals surface area contributed by atoms with Crippen molar-refractivity contribution in [1.29, 1.82) is 0 Å². The fourth-order valence-corrected chi connectivity index (χ4v) is 3.80. The van der Waals surface area contributed by atoms with Crippen LogP contribution in [0.15, 0.2) is 29.1 Å². The number of nitrogens with zero attached hydrogens (tertiary/aromatic N) is 2. The Balaban J connectivity index is 1.66. The van der Waals surface area contributed by atoms with Gasteiger partial charge in [0, 0.05) is 25.5 Å². The van der Waals surface area contributed by atoms with E-state index in [1.54, 1.807) is 26.0 Å².